The zero-order valence-corrected chi connectivity index (χ0v) is 13.4. The van der Waals surface area contributed by atoms with Gasteiger partial charge in [-0.3, -0.25) is 14.5 Å². The Bertz CT molecular complexity index is 564. The van der Waals surface area contributed by atoms with Crippen LogP contribution in [0.2, 0.25) is 0 Å². The number of allylic oxidation sites excluding steroid dienone is 3. The monoisotopic (exact) mass is 324 g/mol. The van der Waals surface area contributed by atoms with Gasteiger partial charge in [-0.2, -0.15) is 0 Å². The lowest BCUT2D eigenvalue weighted by Crippen LogP contribution is -2.57. The second-order valence-electron chi connectivity index (χ2n) is 6.24. The molecule has 0 bridgehead atoms. The summed E-state index contributed by atoms with van der Waals surface area (Å²) in [6, 6.07) is 0. The van der Waals surface area contributed by atoms with Gasteiger partial charge in [-0.05, 0) is 37.7 Å². The molecule has 2 N–H and O–H groups in total. The second-order valence-corrected chi connectivity index (χ2v) is 6.68. The molecule has 5 nitrogen and oxygen atoms in total. The van der Waals surface area contributed by atoms with Gasteiger partial charge in [0.15, 0.2) is 11.7 Å². The van der Waals surface area contributed by atoms with Gasteiger partial charge in [-0.15, -0.1) is 0 Å². The van der Waals surface area contributed by atoms with E-state index in [4.69, 9.17) is 11.6 Å². The number of Topliss-reactive ketones (excluding diaryl/α,β-unsaturated/α-hetero) is 1. The van der Waals surface area contributed by atoms with Crippen molar-refractivity contribution in [3.63, 3.8) is 0 Å². The number of carboxylic acids is 1. The maximum absolute atomic E-state index is 12.8. The number of hydrogen-bond acceptors (Lipinski definition) is 4. The van der Waals surface area contributed by atoms with Crippen LogP contribution in [-0.2, 0) is 9.59 Å². The predicted molar refractivity (Wildman–Crippen MR) is 83.2 cm³/mol. The number of carboxylic acid groups (broad SMARTS) is 1. The zero-order chi connectivity index (χ0) is 15.9. The third-order valence-corrected chi connectivity index (χ3v) is 5.36. The van der Waals surface area contributed by atoms with Crippen LogP contribution in [0.15, 0.2) is 22.4 Å². The van der Waals surface area contributed by atoms with Gasteiger partial charge >= 0.3 is 5.97 Å². The number of rotatable bonds is 3. The molecule has 0 amide bonds. The van der Waals surface area contributed by atoms with Crippen LogP contribution in [-0.4, -0.2) is 41.0 Å². The molecule has 0 radical (unpaired) electrons. The van der Waals surface area contributed by atoms with Crippen molar-refractivity contribution < 1.29 is 14.7 Å². The summed E-state index contributed by atoms with van der Waals surface area (Å²) in [6.07, 6.45) is 4.80. The van der Waals surface area contributed by atoms with E-state index in [1.54, 1.807) is 0 Å². The van der Waals surface area contributed by atoms with Crippen molar-refractivity contribution in [2.45, 2.75) is 38.8 Å². The van der Waals surface area contributed by atoms with Gasteiger partial charge in [0, 0.05) is 29.4 Å². The molecule has 3 unspecified atom stereocenters. The molecule has 3 aliphatic rings. The van der Waals surface area contributed by atoms with Crippen molar-refractivity contribution in [2.75, 3.05) is 13.1 Å². The first-order valence-corrected chi connectivity index (χ1v) is 8.28. The Morgan fingerprint density at radius 3 is 2.73 bits per heavy atom. The molecule has 3 atom stereocenters. The van der Waals surface area contributed by atoms with E-state index in [1.807, 2.05) is 13.0 Å². The van der Waals surface area contributed by atoms with E-state index in [0.29, 0.717) is 17.7 Å². The number of nitrogens with zero attached hydrogens (tertiary/aromatic N) is 1. The number of ketones is 1. The third-order valence-electron chi connectivity index (χ3n) is 4.94. The second kappa shape index (κ2) is 6.05. The topological polar surface area (TPSA) is 69.6 Å². The predicted octanol–water partition coefficient (Wildman–Crippen LogP) is 2.09. The van der Waals surface area contributed by atoms with Crippen molar-refractivity contribution in [3.05, 3.63) is 22.4 Å². The Morgan fingerprint density at radius 2 is 2.14 bits per heavy atom. The Balaban J connectivity index is 1.95. The fourth-order valence-corrected chi connectivity index (χ4v) is 3.98. The Hall–Kier alpha value is -1.33. The van der Waals surface area contributed by atoms with Crippen LogP contribution in [0.1, 0.15) is 32.6 Å². The molecule has 22 heavy (non-hydrogen) atoms. The van der Waals surface area contributed by atoms with Crippen molar-refractivity contribution in [1.29, 1.82) is 0 Å². The summed E-state index contributed by atoms with van der Waals surface area (Å²) in [7, 11) is 0. The largest absolute Gasteiger partial charge is 0.481 e. The van der Waals surface area contributed by atoms with E-state index in [9.17, 15) is 14.7 Å². The molecule has 0 aromatic carbocycles. The molecule has 3 rings (SSSR count). The number of carbonyl (C=O) groups is 2. The lowest BCUT2D eigenvalue weighted by molar-refractivity contribution is -0.149. The van der Waals surface area contributed by atoms with Crippen LogP contribution in [0, 0.1) is 11.8 Å². The first kappa shape index (κ1) is 15.6. The first-order chi connectivity index (χ1) is 10.5. The minimum Gasteiger partial charge on any atom is -0.481 e. The summed E-state index contributed by atoms with van der Waals surface area (Å²) in [5, 5.41) is 13.6. The molecule has 1 saturated heterocycles. The Labute approximate surface area is 135 Å². The van der Waals surface area contributed by atoms with E-state index in [0.717, 1.165) is 37.4 Å². The fourth-order valence-electron chi connectivity index (χ4n) is 3.64. The number of hydrogen-bond donors (Lipinski definition) is 2. The first-order valence-electron chi connectivity index (χ1n) is 7.90. The molecule has 1 fully saturated rings. The number of halogens is 1. The molecule has 1 aliphatic carbocycles. The van der Waals surface area contributed by atoms with Crippen molar-refractivity contribution >= 4 is 23.4 Å². The van der Waals surface area contributed by atoms with Gasteiger partial charge in [0.1, 0.15) is 6.17 Å². The number of aliphatic carboxylic acids is 1. The van der Waals surface area contributed by atoms with Gasteiger partial charge in [-0.25, -0.2) is 0 Å². The molecule has 120 valence electrons. The smallest absolute Gasteiger partial charge is 0.317 e. The summed E-state index contributed by atoms with van der Waals surface area (Å²) in [5.74, 6) is -2.21. The molecule has 2 aliphatic heterocycles. The van der Waals surface area contributed by atoms with Gasteiger partial charge < -0.3 is 10.4 Å². The highest BCUT2D eigenvalue weighted by Crippen LogP contribution is 2.38. The average Bonchev–Trinajstić information content (AvgIpc) is 3.00. The number of carbonyl (C=O) groups excluding carboxylic acids is 1. The van der Waals surface area contributed by atoms with Crippen molar-refractivity contribution in [2.24, 2.45) is 11.8 Å². The SMILES string of the molecule is CCC1CC2=C(C=C1Cl)NC(N1CCCC1)C(C(=O)O)C2=O. The minimum atomic E-state index is -1.05. The average molecular weight is 325 g/mol. The zero-order valence-electron chi connectivity index (χ0n) is 12.6. The van der Waals surface area contributed by atoms with Crippen LogP contribution in [0.25, 0.3) is 0 Å². The highest BCUT2D eigenvalue weighted by molar-refractivity contribution is 6.30. The van der Waals surface area contributed by atoms with Crippen molar-refractivity contribution in [3.8, 4) is 0 Å². The van der Waals surface area contributed by atoms with Gasteiger partial charge in [0.2, 0.25) is 0 Å². The standard InChI is InChI=1S/C16H21ClN2O3/c1-2-9-7-10-12(8-11(9)17)18-15(19-5-3-4-6-19)13(14(10)20)16(21)22/h8-9,13,15,18H,2-7H2,1H3,(H,21,22). The summed E-state index contributed by atoms with van der Waals surface area (Å²) < 4.78 is 0. The molecular formula is C16H21ClN2O3. The Morgan fingerprint density at radius 1 is 1.45 bits per heavy atom. The normalized spacial score (nSPS) is 32.5. The van der Waals surface area contributed by atoms with Crippen molar-refractivity contribution in [1.82, 2.24) is 10.2 Å². The van der Waals surface area contributed by atoms with Gasteiger partial charge in [0.25, 0.3) is 0 Å². The van der Waals surface area contributed by atoms with Crippen LogP contribution in [0.3, 0.4) is 0 Å². The number of nitrogens with one attached hydrogen (secondary N) is 1. The summed E-state index contributed by atoms with van der Waals surface area (Å²) in [4.78, 5) is 26.5. The molecule has 0 spiro atoms. The van der Waals surface area contributed by atoms with E-state index < -0.39 is 18.1 Å². The van der Waals surface area contributed by atoms with Gasteiger partial charge in [0.05, 0.1) is 0 Å². The lowest BCUT2D eigenvalue weighted by atomic mass is 9.80. The third kappa shape index (κ3) is 2.57. The van der Waals surface area contributed by atoms with Crippen LogP contribution < -0.4 is 5.32 Å². The minimum absolute atomic E-state index is 0.115. The molecular weight excluding hydrogens is 304 g/mol. The van der Waals surface area contributed by atoms with E-state index in [2.05, 4.69) is 10.2 Å². The summed E-state index contributed by atoms with van der Waals surface area (Å²) >= 11 is 6.30. The maximum atomic E-state index is 12.8. The number of likely N-dealkylation sites (tertiary alicyclic amines) is 1. The molecule has 0 aromatic heterocycles. The molecule has 0 aromatic rings. The quantitative estimate of drug-likeness (QED) is 0.778. The van der Waals surface area contributed by atoms with E-state index >= 15 is 0 Å². The van der Waals surface area contributed by atoms with Crippen LogP contribution >= 0.6 is 11.6 Å². The molecule has 0 saturated carbocycles. The van der Waals surface area contributed by atoms with Crippen LogP contribution in [0.5, 0.6) is 0 Å². The lowest BCUT2D eigenvalue weighted by Gasteiger charge is -2.39. The molecule has 6 heteroatoms. The Kier molecular flexibility index (Phi) is 4.28. The summed E-state index contributed by atoms with van der Waals surface area (Å²) in [6.45, 7) is 3.67. The van der Waals surface area contributed by atoms with Gasteiger partial charge in [-0.1, -0.05) is 18.5 Å². The summed E-state index contributed by atoms with van der Waals surface area (Å²) in [5.41, 5.74) is 1.31. The highest BCUT2D eigenvalue weighted by atomic mass is 35.5. The van der Waals surface area contributed by atoms with Crippen LogP contribution in [0.4, 0.5) is 0 Å². The highest BCUT2D eigenvalue weighted by Gasteiger charge is 2.45. The van der Waals surface area contributed by atoms with E-state index in [1.165, 1.54) is 0 Å². The maximum Gasteiger partial charge on any atom is 0.317 e. The fraction of sp³-hybridized carbons (Fsp3) is 0.625. The van der Waals surface area contributed by atoms with E-state index in [-0.39, 0.29) is 11.7 Å². The molecule has 2 heterocycles.